The molecule has 2 aromatic carbocycles. The van der Waals surface area contributed by atoms with Crippen molar-refractivity contribution in [2.24, 2.45) is 5.92 Å². The summed E-state index contributed by atoms with van der Waals surface area (Å²) in [4.78, 5) is 15.1. The summed E-state index contributed by atoms with van der Waals surface area (Å²) in [6.07, 6.45) is 4.63. The van der Waals surface area contributed by atoms with E-state index in [0.29, 0.717) is 18.0 Å². The molecule has 2 fully saturated rings. The predicted molar refractivity (Wildman–Crippen MR) is 119 cm³/mol. The van der Waals surface area contributed by atoms with Gasteiger partial charge in [0.25, 0.3) is 0 Å². The zero-order valence-electron chi connectivity index (χ0n) is 17.3. The Hall–Kier alpha value is -2.08. The summed E-state index contributed by atoms with van der Waals surface area (Å²) in [5.74, 6) is 0.818. The van der Waals surface area contributed by atoms with Gasteiger partial charge in [0.2, 0.25) is 5.91 Å². The van der Waals surface area contributed by atoms with E-state index in [2.05, 4.69) is 16.3 Å². The minimum absolute atomic E-state index is 0.0591. The molecule has 1 saturated heterocycles. The topological polar surface area (TPSA) is 61.8 Å². The van der Waals surface area contributed by atoms with Crippen LogP contribution in [0.1, 0.15) is 43.7 Å². The molecule has 2 aliphatic rings. The van der Waals surface area contributed by atoms with E-state index in [0.717, 1.165) is 42.7 Å². The summed E-state index contributed by atoms with van der Waals surface area (Å²) < 4.78 is 5.65. The number of para-hydroxylation sites is 1. The van der Waals surface area contributed by atoms with Crippen molar-refractivity contribution < 1.29 is 14.6 Å². The number of benzene rings is 2. The van der Waals surface area contributed by atoms with E-state index < -0.39 is 5.60 Å². The van der Waals surface area contributed by atoms with Crippen LogP contribution < -0.4 is 10.1 Å². The number of aliphatic hydroxyl groups is 1. The Morgan fingerprint density at radius 3 is 2.73 bits per heavy atom. The minimum Gasteiger partial charge on any atom is -0.496 e. The predicted octanol–water partition coefficient (Wildman–Crippen LogP) is 4.66. The Labute approximate surface area is 183 Å². The lowest BCUT2D eigenvalue weighted by molar-refractivity contribution is -0.135. The molecule has 1 aliphatic heterocycles. The molecule has 1 amide bonds. The smallest absolute Gasteiger partial charge is 0.238 e. The van der Waals surface area contributed by atoms with E-state index in [4.69, 9.17) is 16.3 Å². The van der Waals surface area contributed by atoms with Gasteiger partial charge in [0.15, 0.2) is 0 Å². The van der Waals surface area contributed by atoms with Crippen LogP contribution in [0.3, 0.4) is 0 Å². The summed E-state index contributed by atoms with van der Waals surface area (Å²) in [5, 5.41) is 15.0. The second-order valence-corrected chi connectivity index (χ2v) is 8.85. The van der Waals surface area contributed by atoms with Gasteiger partial charge in [-0.1, -0.05) is 42.6 Å². The Kier molecular flexibility index (Phi) is 6.32. The largest absolute Gasteiger partial charge is 0.496 e. The highest BCUT2D eigenvalue weighted by Crippen LogP contribution is 2.50. The van der Waals surface area contributed by atoms with Gasteiger partial charge in [-0.15, -0.1) is 0 Å². The summed E-state index contributed by atoms with van der Waals surface area (Å²) >= 11 is 5.94. The molecular formula is C24H29ClN2O3. The van der Waals surface area contributed by atoms with Gasteiger partial charge in [-0.05, 0) is 49.6 Å². The van der Waals surface area contributed by atoms with Crippen molar-refractivity contribution in [3.8, 4) is 5.75 Å². The minimum atomic E-state index is -0.674. The maximum absolute atomic E-state index is 12.9. The fourth-order valence-corrected chi connectivity index (χ4v) is 5.29. The van der Waals surface area contributed by atoms with E-state index in [9.17, 15) is 9.90 Å². The molecule has 1 heterocycles. The van der Waals surface area contributed by atoms with E-state index >= 15 is 0 Å². The number of methoxy groups -OCH3 is 1. The van der Waals surface area contributed by atoms with Crippen LogP contribution in [0.15, 0.2) is 48.5 Å². The van der Waals surface area contributed by atoms with Crippen molar-refractivity contribution in [1.29, 1.82) is 0 Å². The molecule has 2 aromatic rings. The van der Waals surface area contributed by atoms with Crippen molar-refractivity contribution >= 4 is 23.2 Å². The quantitative estimate of drug-likeness (QED) is 0.727. The monoisotopic (exact) mass is 428 g/mol. The molecule has 0 aromatic heterocycles. The number of hydrogen-bond donors (Lipinski definition) is 2. The van der Waals surface area contributed by atoms with Crippen molar-refractivity contribution in [3.63, 3.8) is 0 Å². The summed E-state index contributed by atoms with van der Waals surface area (Å²) in [6.45, 7) is 0.932. The van der Waals surface area contributed by atoms with Gasteiger partial charge in [0, 0.05) is 34.8 Å². The molecule has 0 unspecified atom stereocenters. The molecule has 3 atom stereocenters. The van der Waals surface area contributed by atoms with E-state index in [1.165, 1.54) is 0 Å². The summed E-state index contributed by atoms with van der Waals surface area (Å²) in [6, 6.07) is 15.0. The second-order valence-electron chi connectivity index (χ2n) is 8.42. The Morgan fingerprint density at radius 2 is 1.97 bits per heavy atom. The number of rotatable bonds is 5. The average molecular weight is 429 g/mol. The van der Waals surface area contributed by atoms with E-state index in [1.807, 2.05) is 18.2 Å². The van der Waals surface area contributed by atoms with Crippen LogP contribution in [0.5, 0.6) is 5.75 Å². The molecule has 30 heavy (non-hydrogen) atoms. The van der Waals surface area contributed by atoms with E-state index in [-0.39, 0.29) is 24.4 Å². The zero-order chi connectivity index (χ0) is 21.1. The summed E-state index contributed by atoms with van der Waals surface area (Å²) in [7, 11) is 1.67. The molecule has 5 nitrogen and oxygen atoms in total. The van der Waals surface area contributed by atoms with Crippen LogP contribution >= 0.6 is 11.6 Å². The second kappa shape index (κ2) is 8.96. The molecular weight excluding hydrogens is 400 g/mol. The average Bonchev–Trinajstić information content (AvgIpc) is 2.75. The first-order valence-corrected chi connectivity index (χ1v) is 11.0. The molecule has 4 rings (SSSR count). The number of piperidine rings is 1. The van der Waals surface area contributed by atoms with Gasteiger partial charge in [-0.2, -0.15) is 0 Å². The Bertz CT molecular complexity index is 888. The third-order valence-corrected chi connectivity index (χ3v) is 6.86. The Morgan fingerprint density at radius 1 is 1.20 bits per heavy atom. The molecule has 0 bridgehead atoms. The van der Waals surface area contributed by atoms with Crippen LogP contribution in [0, 0.1) is 5.92 Å². The number of fused-ring (bicyclic) bond motifs is 1. The van der Waals surface area contributed by atoms with Crippen molar-refractivity contribution in [2.45, 2.75) is 43.7 Å². The van der Waals surface area contributed by atoms with Gasteiger partial charge in [-0.25, -0.2) is 0 Å². The number of carbonyl (C=O) groups is 1. The van der Waals surface area contributed by atoms with Crippen molar-refractivity contribution in [3.05, 3.63) is 59.1 Å². The van der Waals surface area contributed by atoms with E-state index in [1.54, 1.807) is 31.4 Å². The van der Waals surface area contributed by atoms with Crippen LogP contribution in [0.25, 0.3) is 0 Å². The highest BCUT2D eigenvalue weighted by molar-refractivity contribution is 6.30. The maximum Gasteiger partial charge on any atom is 0.238 e. The standard InChI is InChI=1S/C24H29ClN2O3/c1-30-21-8-3-2-6-19(21)23-20-7-4-5-13-24(20,29)14-15-27(23)16-22(28)26-18-11-9-17(25)10-12-18/h2-3,6,8-12,20,23,29H,4-5,7,13-16H2,1H3,(H,26,28)/t20-,23+,24-/m1/s1. The third-order valence-electron chi connectivity index (χ3n) is 6.60. The van der Waals surface area contributed by atoms with Crippen LogP contribution in [-0.4, -0.2) is 41.7 Å². The Balaban J connectivity index is 1.60. The molecule has 1 saturated carbocycles. The number of anilines is 1. The van der Waals surface area contributed by atoms with Crippen LogP contribution in [0.2, 0.25) is 5.02 Å². The maximum atomic E-state index is 12.9. The molecule has 2 N–H and O–H groups in total. The SMILES string of the molecule is COc1ccccc1[C@H]1[C@H]2CCCC[C@@]2(O)CCN1CC(=O)Nc1ccc(Cl)cc1. The summed E-state index contributed by atoms with van der Waals surface area (Å²) in [5.41, 5.74) is 1.10. The van der Waals surface area contributed by atoms with Gasteiger partial charge in [0.1, 0.15) is 5.75 Å². The number of ether oxygens (including phenoxy) is 1. The fraction of sp³-hybridized carbons (Fsp3) is 0.458. The first-order chi connectivity index (χ1) is 14.5. The lowest BCUT2D eigenvalue weighted by Gasteiger charge is -2.52. The first kappa shape index (κ1) is 21.2. The number of carbonyl (C=O) groups excluding carboxylic acids is 1. The van der Waals surface area contributed by atoms with Crippen LogP contribution in [-0.2, 0) is 4.79 Å². The number of halogens is 1. The fourth-order valence-electron chi connectivity index (χ4n) is 5.16. The lowest BCUT2D eigenvalue weighted by atomic mass is 9.66. The van der Waals surface area contributed by atoms with Gasteiger partial charge in [0.05, 0.1) is 19.3 Å². The zero-order valence-corrected chi connectivity index (χ0v) is 18.1. The number of hydrogen-bond acceptors (Lipinski definition) is 4. The highest BCUT2D eigenvalue weighted by atomic mass is 35.5. The number of nitrogens with one attached hydrogen (secondary N) is 1. The normalized spacial score (nSPS) is 26.6. The molecule has 0 spiro atoms. The highest BCUT2D eigenvalue weighted by Gasteiger charge is 2.49. The molecule has 160 valence electrons. The lowest BCUT2D eigenvalue weighted by Crippen LogP contribution is -2.56. The van der Waals surface area contributed by atoms with Crippen molar-refractivity contribution in [2.75, 3.05) is 25.5 Å². The molecule has 1 aliphatic carbocycles. The third kappa shape index (κ3) is 4.34. The number of nitrogens with zero attached hydrogens (tertiary/aromatic N) is 1. The number of likely N-dealkylation sites (tertiary alicyclic amines) is 1. The van der Waals surface area contributed by atoms with Gasteiger partial charge in [-0.3, -0.25) is 9.69 Å². The molecule has 0 radical (unpaired) electrons. The van der Waals surface area contributed by atoms with Gasteiger partial charge >= 0.3 is 0 Å². The first-order valence-electron chi connectivity index (χ1n) is 10.6. The number of amides is 1. The van der Waals surface area contributed by atoms with Crippen molar-refractivity contribution in [1.82, 2.24) is 4.90 Å². The van der Waals surface area contributed by atoms with Gasteiger partial charge < -0.3 is 15.2 Å². The van der Waals surface area contributed by atoms with Crippen LogP contribution in [0.4, 0.5) is 5.69 Å². The molecule has 6 heteroatoms.